The van der Waals surface area contributed by atoms with E-state index in [1.807, 2.05) is 0 Å². The molecule has 1 unspecified atom stereocenters. The number of amides is 2. The molecule has 5 rings (SSSR count). The largest absolute Gasteiger partial charge is 0.507 e. The summed E-state index contributed by atoms with van der Waals surface area (Å²) in [4.78, 5) is 45.8. The van der Waals surface area contributed by atoms with Crippen molar-refractivity contribution in [3.63, 3.8) is 0 Å². The number of carbonyl (C=O) groups excluding carboxylic acids is 3. The van der Waals surface area contributed by atoms with Gasteiger partial charge in [-0.05, 0) is 31.0 Å². The molecule has 0 saturated carbocycles. The SMILES string of the molecule is Cc1ccc(/C(O)=C2/C(=O)C(=O)N(CCCN3CCOCC3)C23C(=O)N(C)c2ccccc23)cc1F. The van der Waals surface area contributed by atoms with Crippen molar-refractivity contribution in [1.29, 1.82) is 0 Å². The predicted molar refractivity (Wildman–Crippen MR) is 131 cm³/mol. The van der Waals surface area contributed by atoms with Crippen LogP contribution in [0.5, 0.6) is 0 Å². The molecule has 2 amide bonds. The van der Waals surface area contributed by atoms with Gasteiger partial charge in [0.2, 0.25) is 0 Å². The van der Waals surface area contributed by atoms with Gasteiger partial charge in [0.15, 0.2) is 5.54 Å². The Hall–Kier alpha value is -3.56. The maximum absolute atomic E-state index is 14.4. The second kappa shape index (κ2) is 9.15. The molecule has 1 spiro atoms. The number of rotatable bonds is 5. The number of ketones is 1. The van der Waals surface area contributed by atoms with Crippen molar-refractivity contribution >= 4 is 29.0 Å². The summed E-state index contributed by atoms with van der Waals surface area (Å²) < 4.78 is 19.8. The van der Waals surface area contributed by atoms with E-state index in [0.717, 1.165) is 19.2 Å². The highest BCUT2D eigenvalue weighted by Crippen LogP contribution is 2.53. The fourth-order valence-corrected chi connectivity index (χ4v) is 5.43. The molecule has 2 aromatic rings. The number of nitrogens with zero attached hydrogens (tertiary/aromatic N) is 3. The standard InChI is InChI=1S/C27H28FN3O5/c1-17-8-9-18(16-20(17)28)23(32)22-24(33)25(34)31(11-5-10-30-12-14-36-15-13-30)27(22)19-6-3-4-7-21(19)29(2)26(27)35/h3-4,6-9,16,32H,5,10-15H2,1-2H3/b23-22+. The zero-order valence-corrected chi connectivity index (χ0v) is 20.3. The number of benzene rings is 2. The molecule has 0 bridgehead atoms. The molecule has 0 aliphatic carbocycles. The third-order valence-electron chi connectivity index (χ3n) is 7.34. The molecule has 8 nitrogen and oxygen atoms in total. The van der Waals surface area contributed by atoms with Crippen molar-refractivity contribution in [3.05, 3.63) is 70.5 Å². The number of aliphatic hydroxyl groups excluding tert-OH is 1. The minimum Gasteiger partial charge on any atom is -0.507 e. The Labute approximate surface area is 208 Å². The topological polar surface area (TPSA) is 90.4 Å². The average Bonchev–Trinajstić information content (AvgIpc) is 3.24. The van der Waals surface area contributed by atoms with E-state index in [-0.39, 0.29) is 17.7 Å². The van der Waals surface area contributed by atoms with Crippen LogP contribution in [-0.2, 0) is 24.7 Å². The van der Waals surface area contributed by atoms with Gasteiger partial charge in [-0.3, -0.25) is 19.3 Å². The average molecular weight is 494 g/mol. The number of Topliss-reactive ketones (excluding diaryl/α,β-unsaturated/α-hetero) is 1. The van der Waals surface area contributed by atoms with Gasteiger partial charge in [0.05, 0.1) is 18.8 Å². The Kier molecular flexibility index (Phi) is 6.13. The van der Waals surface area contributed by atoms with Crippen LogP contribution < -0.4 is 4.90 Å². The number of para-hydroxylation sites is 1. The number of fused-ring (bicyclic) bond motifs is 2. The van der Waals surface area contributed by atoms with Crippen LogP contribution in [0, 0.1) is 12.7 Å². The minimum atomic E-state index is -1.82. The zero-order chi connectivity index (χ0) is 25.6. The maximum atomic E-state index is 14.4. The fourth-order valence-electron chi connectivity index (χ4n) is 5.43. The van der Waals surface area contributed by atoms with Crippen LogP contribution in [-0.4, -0.2) is 78.9 Å². The first-order valence-electron chi connectivity index (χ1n) is 12.0. The Bertz CT molecular complexity index is 1290. The smallest absolute Gasteiger partial charge is 0.296 e. The molecule has 1 atom stereocenters. The molecule has 188 valence electrons. The van der Waals surface area contributed by atoms with Crippen molar-refractivity contribution in [2.75, 3.05) is 51.3 Å². The molecular weight excluding hydrogens is 465 g/mol. The first-order valence-corrected chi connectivity index (χ1v) is 12.0. The van der Waals surface area contributed by atoms with E-state index < -0.39 is 34.7 Å². The zero-order valence-electron chi connectivity index (χ0n) is 20.3. The number of anilines is 1. The van der Waals surface area contributed by atoms with Crippen LogP contribution in [0.15, 0.2) is 48.0 Å². The number of morpholine rings is 1. The monoisotopic (exact) mass is 493 g/mol. The van der Waals surface area contributed by atoms with E-state index in [1.165, 1.54) is 21.9 Å². The molecular formula is C27H28FN3O5. The van der Waals surface area contributed by atoms with Crippen molar-refractivity contribution in [2.24, 2.45) is 0 Å². The van der Waals surface area contributed by atoms with Crippen molar-refractivity contribution in [2.45, 2.75) is 18.9 Å². The highest BCUT2D eigenvalue weighted by Gasteiger charge is 2.66. The molecule has 3 aliphatic rings. The Morgan fingerprint density at radius 2 is 1.81 bits per heavy atom. The van der Waals surface area contributed by atoms with E-state index in [2.05, 4.69) is 4.90 Å². The second-order valence-corrected chi connectivity index (χ2v) is 9.37. The quantitative estimate of drug-likeness (QED) is 0.391. The molecule has 2 aromatic carbocycles. The van der Waals surface area contributed by atoms with Crippen molar-refractivity contribution < 1.29 is 28.6 Å². The molecule has 0 aromatic heterocycles. The molecule has 0 radical (unpaired) electrons. The van der Waals surface area contributed by atoms with Gasteiger partial charge in [0.1, 0.15) is 11.6 Å². The second-order valence-electron chi connectivity index (χ2n) is 9.37. The summed E-state index contributed by atoms with van der Waals surface area (Å²) >= 11 is 0. The van der Waals surface area contributed by atoms with Gasteiger partial charge in [-0.1, -0.05) is 30.3 Å². The van der Waals surface area contributed by atoms with Gasteiger partial charge >= 0.3 is 0 Å². The lowest BCUT2D eigenvalue weighted by Crippen LogP contribution is -2.52. The Morgan fingerprint density at radius 1 is 1.08 bits per heavy atom. The Morgan fingerprint density at radius 3 is 2.53 bits per heavy atom. The van der Waals surface area contributed by atoms with Crippen molar-refractivity contribution in [3.8, 4) is 0 Å². The van der Waals surface area contributed by atoms with Gasteiger partial charge in [-0.2, -0.15) is 0 Å². The first kappa shape index (κ1) is 24.1. The van der Waals surface area contributed by atoms with Gasteiger partial charge in [-0.25, -0.2) is 4.39 Å². The van der Waals surface area contributed by atoms with E-state index in [0.29, 0.717) is 43.0 Å². The molecule has 3 heterocycles. The highest BCUT2D eigenvalue weighted by molar-refractivity contribution is 6.50. The van der Waals surface area contributed by atoms with Crippen molar-refractivity contribution in [1.82, 2.24) is 9.80 Å². The van der Waals surface area contributed by atoms with Crippen LogP contribution in [0.4, 0.5) is 10.1 Å². The number of hydrogen-bond acceptors (Lipinski definition) is 6. The van der Waals surface area contributed by atoms with Gasteiger partial charge < -0.3 is 19.6 Å². The number of halogens is 1. The summed E-state index contributed by atoms with van der Waals surface area (Å²) in [5, 5.41) is 11.3. The van der Waals surface area contributed by atoms with E-state index in [4.69, 9.17) is 4.74 Å². The molecule has 2 fully saturated rings. The molecule has 3 aliphatic heterocycles. The Balaban J connectivity index is 1.64. The van der Waals surface area contributed by atoms with Gasteiger partial charge in [-0.15, -0.1) is 0 Å². The number of likely N-dealkylation sites (tertiary alicyclic amines) is 1. The number of ether oxygens (including phenoxy) is 1. The molecule has 36 heavy (non-hydrogen) atoms. The van der Waals surface area contributed by atoms with Crippen LogP contribution in [0.1, 0.15) is 23.1 Å². The summed E-state index contributed by atoms with van der Waals surface area (Å²) in [6.07, 6.45) is 0.521. The van der Waals surface area contributed by atoms with E-state index >= 15 is 0 Å². The van der Waals surface area contributed by atoms with Gasteiger partial charge in [0, 0.05) is 50.0 Å². The molecule has 9 heteroatoms. The third kappa shape index (κ3) is 3.53. The lowest BCUT2D eigenvalue weighted by Gasteiger charge is -2.35. The maximum Gasteiger partial charge on any atom is 0.296 e. The van der Waals surface area contributed by atoms with E-state index in [1.54, 1.807) is 38.2 Å². The van der Waals surface area contributed by atoms with E-state index in [9.17, 15) is 23.9 Å². The van der Waals surface area contributed by atoms with Crippen LogP contribution in [0.2, 0.25) is 0 Å². The lowest BCUT2D eigenvalue weighted by atomic mass is 9.81. The highest BCUT2D eigenvalue weighted by atomic mass is 19.1. The van der Waals surface area contributed by atoms with Gasteiger partial charge in [0.25, 0.3) is 17.6 Å². The summed E-state index contributed by atoms with van der Waals surface area (Å²) in [5.74, 6) is -3.46. The number of likely N-dealkylation sites (N-methyl/N-ethyl adjacent to an activating group) is 1. The lowest BCUT2D eigenvalue weighted by molar-refractivity contribution is -0.143. The number of aliphatic hydroxyl groups is 1. The van der Waals surface area contributed by atoms with Crippen LogP contribution in [0.25, 0.3) is 5.76 Å². The normalized spacial score (nSPS) is 23.7. The van der Waals surface area contributed by atoms with Crippen LogP contribution in [0.3, 0.4) is 0 Å². The number of hydrogen-bond donors (Lipinski definition) is 1. The fraction of sp³-hybridized carbons (Fsp3) is 0.370. The molecule has 1 N–H and O–H groups in total. The third-order valence-corrected chi connectivity index (χ3v) is 7.34. The summed E-state index contributed by atoms with van der Waals surface area (Å²) in [6.45, 7) is 5.19. The molecule has 2 saturated heterocycles. The first-order chi connectivity index (χ1) is 17.3. The summed E-state index contributed by atoms with van der Waals surface area (Å²) in [5.41, 5.74) is -0.768. The summed E-state index contributed by atoms with van der Waals surface area (Å²) in [6, 6.07) is 11.0. The van der Waals surface area contributed by atoms with Crippen LogP contribution >= 0.6 is 0 Å². The summed E-state index contributed by atoms with van der Waals surface area (Å²) in [7, 11) is 1.58. The number of carbonyl (C=O) groups is 3. The minimum absolute atomic E-state index is 0.0311. The predicted octanol–water partition coefficient (Wildman–Crippen LogP) is 2.41. The number of aryl methyl sites for hydroxylation is 1.